The molecule has 1 fully saturated rings. The van der Waals surface area contributed by atoms with Gasteiger partial charge in [-0.25, -0.2) is 8.42 Å². The van der Waals surface area contributed by atoms with Crippen molar-refractivity contribution >= 4 is 10.0 Å². The van der Waals surface area contributed by atoms with Crippen molar-refractivity contribution in [3.63, 3.8) is 0 Å². The predicted molar refractivity (Wildman–Crippen MR) is 86.7 cm³/mol. The molecule has 0 spiro atoms. The van der Waals surface area contributed by atoms with Gasteiger partial charge in [0.25, 0.3) is 0 Å². The predicted octanol–water partition coefficient (Wildman–Crippen LogP) is 1.43. The maximum absolute atomic E-state index is 13.1. The molecule has 1 unspecified atom stereocenters. The third kappa shape index (κ3) is 3.08. The second-order valence-corrected chi connectivity index (χ2v) is 7.13. The molecule has 0 aliphatic carbocycles. The Kier molecular flexibility index (Phi) is 4.61. The van der Waals surface area contributed by atoms with Gasteiger partial charge in [0.2, 0.25) is 10.0 Å². The molecule has 1 aromatic carbocycles. The molecule has 3 rings (SSSR count). The number of sulfonamides is 1. The van der Waals surface area contributed by atoms with Crippen molar-refractivity contribution in [1.82, 2.24) is 14.6 Å². The fraction of sp³-hybridized carbons (Fsp3) is 0.312. The zero-order valence-corrected chi connectivity index (χ0v) is 13.7. The number of methoxy groups -OCH3 is 1. The van der Waals surface area contributed by atoms with E-state index in [-0.39, 0.29) is 10.9 Å². The lowest BCUT2D eigenvalue weighted by Gasteiger charge is -2.35. The van der Waals surface area contributed by atoms with Crippen molar-refractivity contribution in [2.45, 2.75) is 10.9 Å². The first-order valence-corrected chi connectivity index (χ1v) is 8.84. The summed E-state index contributed by atoms with van der Waals surface area (Å²) in [4.78, 5) is 4.30. The highest BCUT2D eigenvalue weighted by molar-refractivity contribution is 7.89. The van der Waals surface area contributed by atoms with Crippen molar-refractivity contribution in [3.05, 3.63) is 54.4 Å². The maximum atomic E-state index is 13.1. The number of para-hydroxylation sites is 1. The Morgan fingerprint density at radius 2 is 2.09 bits per heavy atom. The van der Waals surface area contributed by atoms with Crippen LogP contribution >= 0.6 is 0 Å². The van der Waals surface area contributed by atoms with E-state index in [1.54, 1.807) is 36.7 Å². The van der Waals surface area contributed by atoms with Gasteiger partial charge in [0.1, 0.15) is 10.6 Å². The van der Waals surface area contributed by atoms with Crippen LogP contribution in [0.1, 0.15) is 11.6 Å². The minimum absolute atomic E-state index is 0.193. The second-order valence-electron chi connectivity index (χ2n) is 5.27. The SMILES string of the molecule is COc1ccccc1S(=O)(=O)N1CCNCC1c1cccnc1. The van der Waals surface area contributed by atoms with E-state index in [4.69, 9.17) is 4.74 Å². The summed E-state index contributed by atoms with van der Waals surface area (Å²) < 4.78 is 33.1. The van der Waals surface area contributed by atoms with E-state index in [1.165, 1.54) is 11.4 Å². The van der Waals surface area contributed by atoms with Crippen LogP contribution in [-0.2, 0) is 10.0 Å². The van der Waals surface area contributed by atoms with Gasteiger partial charge in [0, 0.05) is 32.0 Å². The summed E-state index contributed by atoms with van der Waals surface area (Å²) in [5.41, 5.74) is 0.873. The topological polar surface area (TPSA) is 71.5 Å². The van der Waals surface area contributed by atoms with Gasteiger partial charge < -0.3 is 10.1 Å². The van der Waals surface area contributed by atoms with Crippen LogP contribution in [0.25, 0.3) is 0 Å². The number of benzene rings is 1. The Hall–Kier alpha value is -1.96. The number of nitrogens with zero attached hydrogens (tertiary/aromatic N) is 2. The number of nitrogens with one attached hydrogen (secondary N) is 1. The average Bonchev–Trinajstić information content (AvgIpc) is 2.62. The number of hydrogen-bond acceptors (Lipinski definition) is 5. The summed E-state index contributed by atoms with van der Waals surface area (Å²) in [7, 11) is -2.18. The normalized spacial score (nSPS) is 19.4. The molecule has 122 valence electrons. The highest BCUT2D eigenvalue weighted by Gasteiger charge is 2.35. The van der Waals surface area contributed by atoms with Crippen molar-refractivity contribution in [3.8, 4) is 5.75 Å². The Balaban J connectivity index is 2.03. The smallest absolute Gasteiger partial charge is 0.247 e. The van der Waals surface area contributed by atoms with Gasteiger partial charge in [-0.05, 0) is 23.8 Å². The Labute approximate surface area is 136 Å². The summed E-state index contributed by atoms with van der Waals surface area (Å²) in [6.07, 6.45) is 3.39. The van der Waals surface area contributed by atoms with Gasteiger partial charge in [-0.3, -0.25) is 4.98 Å². The van der Waals surface area contributed by atoms with Gasteiger partial charge in [0.15, 0.2) is 0 Å². The Bertz CT molecular complexity index is 765. The number of ether oxygens (including phenoxy) is 1. The molecule has 1 aromatic heterocycles. The fourth-order valence-corrected chi connectivity index (χ4v) is 4.56. The van der Waals surface area contributed by atoms with Crippen molar-refractivity contribution in [2.24, 2.45) is 0 Å². The standard InChI is InChI=1S/C16H19N3O3S/c1-22-15-6-2-3-7-16(15)23(20,21)19-10-9-18-12-14(19)13-5-4-8-17-11-13/h2-8,11,14,18H,9-10,12H2,1H3. The first-order chi connectivity index (χ1) is 11.1. The molecule has 1 saturated heterocycles. The maximum Gasteiger partial charge on any atom is 0.247 e. The quantitative estimate of drug-likeness (QED) is 0.916. The molecule has 1 aliphatic rings. The van der Waals surface area contributed by atoms with E-state index in [1.807, 2.05) is 12.1 Å². The molecule has 1 atom stereocenters. The monoisotopic (exact) mass is 333 g/mol. The van der Waals surface area contributed by atoms with Crippen LogP contribution in [0, 0.1) is 0 Å². The molecule has 2 heterocycles. The van der Waals surface area contributed by atoms with Crippen LogP contribution in [-0.4, -0.2) is 44.5 Å². The molecule has 1 aliphatic heterocycles. The van der Waals surface area contributed by atoms with Crippen LogP contribution in [0.2, 0.25) is 0 Å². The third-order valence-corrected chi connectivity index (χ3v) is 5.87. The molecule has 0 bridgehead atoms. The van der Waals surface area contributed by atoms with Crippen molar-refractivity contribution in [2.75, 3.05) is 26.7 Å². The number of aromatic nitrogens is 1. The lowest BCUT2D eigenvalue weighted by molar-refractivity contribution is 0.270. The molecule has 6 nitrogen and oxygen atoms in total. The van der Waals surface area contributed by atoms with Crippen LogP contribution in [0.5, 0.6) is 5.75 Å². The summed E-state index contributed by atoms with van der Waals surface area (Å²) in [6, 6.07) is 10.1. The molecular weight excluding hydrogens is 314 g/mol. The minimum Gasteiger partial charge on any atom is -0.495 e. The zero-order valence-electron chi connectivity index (χ0n) is 12.8. The number of rotatable bonds is 4. The van der Waals surface area contributed by atoms with Gasteiger partial charge in [0.05, 0.1) is 13.2 Å². The highest BCUT2D eigenvalue weighted by Crippen LogP contribution is 2.32. The lowest BCUT2D eigenvalue weighted by Crippen LogP contribution is -2.48. The number of hydrogen-bond donors (Lipinski definition) is 1. The number of pyridine rings is 1. The van der Waals surface area contributed by atoms with Gasteiger partial charge in [-0.2, -0.15) is 4.31 Å². The average molecular weight is 333 g/mol. The van der Waals surface area contributed by atoms with Gasteiger partial charge >= 0.3 is 0 Å². The van der Waals surface area contributed by atoms with E-state index in [0.29, 0.717) is 25.4 Å². The fourth-order valence-electron chi connectivity index (χ4n) is 2.79. The molecule has 1 N–H and O–H groups in total. The second kappa shape index (κ2) is 6.66. The lowest BCUT2D eigenvalue weighted by atomic mass is 10.1. The third-order valence-electron chi connectivity index (χ3n) is 3.92. The molecule has 7 heteroatoms. The van der Waals surface area contributed by atoms with E-state index >= 15 is 0 Å². The van der Waals surface area contributed by atoms with Crippen LogP contribution in [0.4, 0.5) is 0 Å². The van der Waals surface area contributed by atoms with E-state index in [9.17, 15) is 8.42 Å². The zero-order chi connectivity index (χ0) is 16.3. The van der Waals surface area contributed by atoms with E-state index in [0.717, 1.165) is 5.56 Å². The van der Waals surface area contributed by atoms with Crippen LogP contribution < -0.4 is 10.1 Å². The van der Waals surface area contributed by atoms with Gasteiger partial charge in [-0.1, -0.05) is 18.2 Å². The van der Waals surface area contributed by atoms with Crippen LogP contribution in [0.15, 0.2) is 53.7 Å². The minimum atomic E-state index is -3.66. The van der Waals surface area contributed by atoms with E-state index < -0.39 is 10.0 Å². The molecule has 23 heavy (non-hydrogen) atoms. The summed E-state index contributed by atoms with van der Waals surface area (Å²) in [6.45, 7) is 1.57. The largest absolute Gasteiger partial charge is 0.495 e. The van der Waals surface area contributed by atoms with Crippen molar-refractivity contribution < 1.29 is 13.2 Å². The first-order valence-electron chi connectivity index (χ1n) is 7.40. The van der Waals surface area contributed by atoms with Gasteiger partial charge in [-0.15, -0.1) is 0 Å². The molecule has 0 radical (unpaired) electrons. The number of piperazine rings is 1. The highest BCUT2D eigenvalue weighted by atomic mass is 32.2. The van der Waals surface area contributed by atoms with Crippen molar-refractivity contribution in [1.29, 1.82) is 0 Å². The van der Waals surface area contributed by atoms with Crippen LogP contribution in [0.3, 0.4) is 0 Å². The summed E-state index contributed by atoms with van der Waals surface area (Å²) in [5, 5.41) is 3.25. The Morgan fingerprint density at radius 3 is 2.83 bits per heavy atom. The molecule has 2 aromatic rings. The summed E-state index contributed by atoms with van der Waals surface area (Å²) >= 11 is 0. The molecule has 0 amide bonds. The first kappa shape index (κ1) is 15.9. The van der Waals surface area contributed by atoms with E-state index in [2.05, 4.69) is 10.3 Å². The Morgan fingerprint density at radius 1 is 1.26 bits per heavy atom. The summed E-state index contributed by atoms with van der Waals surface area (Å²) in [5.74, 6) is 0.357. The molecule has 0 saturated carbocycles. The molecular formula is C16H19N3O3S.